The van der Waals surface area contributed by atoms with Crippen molar-refractivity contribution in [3.8, 4) is 11.5 Å². The monoisotopic (exact) mass is 541 g/mol. The van der Waals surface area contributed by atoms with Crippen LogP contribution in [0.4, 0.5) is 5.69 Å². The Kier molecular flexibility index (Phi) is 4.97. The van der Waals surface area contributed by atoms with Crippen molar-refractivity contribution < 1.29 is 23.9 Å². The smallest absolute Gasteiger partial charge is 0.271 e. The summed E-state index contributed by atoms with van der Waals surface area (Å²) in [5.41, 5.74) is 6.32. The summed E-state index contributed by atoms with van der Waals surface area (Å²) < 4.78 is 10.8. The number of benzene rings is 4. The number of amides is 3. The number of carbonyl (C=O) groups excluding carboxylic acids is 3. The van der Waals surface area contributed by atoms with Gasteiger partial charge in [0.2, 0.25) is 18.6 Å². The minimum Gasteiger partial charge on any atom is -0.454 e. The van der Waals surface area contributed by atoms with Crippen LogP contribution in [0.2, 0.25) is 0 Å². The van der Waals surface area contributed by atoms with Gasteiger partial charge in [-0.25, -0.2) is 10.3 Å². The van der Waals surface area contributed by atoms with Crippen LogP contribution in [-0.2, 0) is 15.0 Å². The first-order valence-corrected chi connectivity index (χ1v) is 13.5. The van der Waals surface area contributed by atoms with Crippen LogP contribution in [0.5, 0.6) is 11.5 Å². The van der Waals surface area contributed by atoms with Gasteiger partial charge in [0.25, 0.3) is 5.91 Å². The van der Waals surface area contributed by atoms with Gasteiger partial charge in [-0.1, -0.05) is 66.7 Å². The number of anilines is 1. The Morgan fingerprint density at radius 1 is 0.829 bits per heavy atom. The molecule has 0 saturated carbocycles. The molecule has 2 bridgehead atoms. The molecule has 8 nitrogen and oxygen atoms in total. The highest BCUT2D eigenvalue weighted by molar-refractivity contribution is 6.25. The molecule has 41 heavy (non-hydrogen) atoms. The van der Waals surface area contributed by atoms with Gasteiger partial charge >= 0.3 is 0 Å². The summed E-state index contributed by atoms with van der Waals surface area (Å²) in [4.78, 5) is 42.9. The average Bonchev–Trinajstić information content (AvgIpc) is 3.59. The molecule has 5 aliphatic rings. The van der Waals surface area contributed by atoms with Crippen molar-refractivity contribution in [2.45, 2.75) is 11.3 Å². The number of nitrogens with zero attached hydrogens (tertiary/aromatic N) is 2. The Morgan fingerprint density at radius 2 is 1.49 bits per heavy atom. The van der Waals surface area contributed by atoms with Crippen LogP contribution >= 0.6 is 0 Å². The summed E-state index contributed by atoms with van der Waals surface area (Å²) in [5, 5.41) is 4.47. The normalized spacial score (nSPS) is 24.8. The van der Waals surface area contributed by atoms with Crippen LogP contribution < -0.4 is 19.8 Å². The Morgan fingerprint density at radius 3 is 2.22 bits per heavy atom. The quantitative estimate of drug-likeness (QED) is 0.235. The zero-order chi connectivity index (χ0) is 27.7. The number of para-hydroxylation sites is 1. The minimum absolute atomic E-state index is 0.107. The third-order valence-electron chi connectivity index (χ3n) is 8.77. The number of imide groups is 1. The number of hydrazone groups is 1. The van der Waals surface area contributed by atoms with E-state index in [0.717, 1.165) is 22.3 Å². The average molecular weight is 542 g/mol. The largest absolute Gasteiger partial charge is 0.454 e. The number of nitrogens with one attached hydrogen (secondary N) is 1. The van der Waals surface area contributed by atoms with E-state index >= 15 is 0 Å². The van der Waals surface area contributed by atoms with Crippen LogP contribution in [0.1, 0.15) is 38.5 Å². The molecule has 9 rings (SSSR count). The van der Waals surface area contributed by atoms with Gasteiger partial charge in [-0.05, 0) is 52.6 Å². The molecular formula is C33H23N3O5. The van der Waals surface area contributed by atoms with Gasteiger partial charge in [-0.3, -0.25) is 14.4 Å². The van der Waals surface area contributed by atoms with Gasteiger partial charge < -0.3 is 9.47 Å². The molecule has 4 aromatic rings. The Bertz CT molecular complexity index is 1750. The molecule has 200 valence electrons. The molecule has 1 saturated heterocycles. The number of rotatable bonds is 4. The van der Waals surface area contributed by atoms with Gasteiger partial charge in [0.15, 0.2) is 11.5 Å². The molecule has 2 unspecified atom stereocenters. The van der Waals surface area contributed by atoms with Crippen molar-refractivity contribution in [1.82, 2.24) is 5.43 Å². The molecule has 1 fully saturated rings. The fraction of sp³-hybridized carbons (Fsp3) is 0.152. The van der Waals surface area contributed by atoms with Crippen molar-refractivity contribution in [3.05, 3.63) is 125 Å². The maximum atomic E-state index is 14.3. The third-order valence-corrected chi connectivity index (χ3v) is 8.77. The molecule has 0 radical (unpaired) electrons. The van der Waals surface area contributed by atoms with Crippen LogP contribution in [0.3, 0.4) is 0 Å². The summed E-state index contributed by atoms with van der Waals surface area (Å²) in [6.45, 7) is 0.107. The van der Waals surface area contributed by atoms with Crippen LogP contribution in [0.25, 0.3) is 0 Å². The van der Waals surface area contributed by atoms with E-state index in [0.29, 0.717) is 22.7 Å². The van der Waals surface area contributed by atoms with E-state index in [1.807, 2.05) is 66.7 Å². The first-order valence-electron chi connectivity index (χ1n) is 13.5. The lowest BCUT2D eigenvalue weighted by Crippen LogP contribution is -2.54. The van der Waals surface area contributed by atoms with Crippen LogP contribution in [0, 0.1) is 11.8 Å². The van der Waals surface area contributed by atoms with Crippen molar-refractivity contribution >= 4 is 29.6 Å². The van der Waals surface area contributed by atoms with E-state index in [1.165, 1.54) is 4.90 Å². The van der Waals surface area contributed by atoms with Gasteiger partial charge in [0, 0.05) is 17.7 Å². The molecule has 4 aromatic carbocycles. The van der Waals surface area contributed by atoms with Gasteiger partial charge in [0.05, 0.1) is 22.9 Å². The first-order chi connectivity index (χ1) is 20.1. The molecule has 2 aliphatic heterocycles. The second-order valence-electron chi connectivity index (χ2n) is 10.6. The molecule has 3 aliphatic carbocycles. The number of hydrogen-bond acceptors (Lipinski definition) is 6. The van der Waals surface area contributed by atoms with Crippen LogP contribution in [-0.4, -0.2) is 30.7 Å². The second-order valence-corrected chi connectivity index (χ2v) is 10.6. The molecule has 2 atom stereocenters. The van der Waals surface area contributed by atoms with Crippen molar-refractivity contribution in [2.24, 2.45) is 16.9 Å². The maximum Gasteiger partial charge on any atom is 0.271 e. The molecule has 2 heterocycles. The maximum absolute atomic E-state index is 14.3. The molecule has 0 spiro atoms. The molecular weight excluding hydrogens is 518 g/mol. The predicted octanol–water partition coefficient (Wildman–Crippen LogP) is 4.38. The summed E-state index contributed by atoms with van der Waals surface area (Å²) in [5.74, 6) is -1.45. The van der Waals surface area contributed by atoms with Crippen molar-refractivity contribution in [2.75, 3.05) is 11.7 Å². The SMILES string of the molecule is O=C(NN=CC12c3ccccc3C(c3ccccc31)C1C(=O)N(c3ccccc3)C(=O)C12)c1ccc2c(c1)OCO2. The fourth-order valence-corrected chi connectivity index (χ4v) is 7.18. The molecule has 3 amide bonds. The summed E-state index contributed by atoms with van der Waals surface area (Å²) in [6, 6.07) is 29.8. The third kappa shape index (κ3) is 3.15. The lowest BCUT2D eigenvalue weighted by Gasteiger charge is -2.52. The first kappa shape index (κ1) is 23.6. The van der Waals surface area contributed by atoms with Crippen LogP contribution in [0.15, 0.2) is 102 Å². The van der Waals surface area contributed by atoms with Gasteiger partial charge in [-0.15, -0.1) is 0 Å². The number of fused-ring (bicyclic) bond motifs is 1. The van der Waals surface area contributed by atoms with E-state index in [-0.39, 0.29) is 24.5 Å². The van der Waals surface area contributed by atoms with Gasteiger partial charge in [0.1, 0.15) is 0 Å². The topological polar surface area (TPSA) is 97.3 Å². The van der Waals surface area contributed by atoms with E-state index in [9.17, 15) is 14.4 Å². The lowest BCUT2D eigenvalue weighted by molar-refractivity contribution is -0.122. The highest BCUT2D eigenvalue weighted by Gasteiger charge is 2.68. The summed E-state index contributed by atoms with van der Waals surface area (Å²) >= 11 is 0. The Balaban J connectivity index is 1.27. The number of hydrogen-bond donors (Lipinski definition) is 1. The van der Waals surface area contributed by atoms with Gasteiger partial charge in [-0.2, -0.15) is 5.10 Å². The van der Waals surface area contributed by atoms with E-state index in [2.05, 4.69) is 10.5 Å². The van der Waals surface area contributed by atoms with E-state index in [1.54, 1.807) is 36.5 Å². The molecule has 0 aromatic heterocycles. The lowest BCUT2D eigenvalue weighted by atomic mass is 9.47. The molecule has 1 N–H and O–H groups in total. The number of ether oxygens (including phenoxy) is 2. The van der Waals surface area contributed by atoms with Crippen molar-refractivity contribution in [3.63, 3.8) is 0 Å². The highest BCUT2D eigenvalue weighted by Crippen LogP contribution is 2.63. The van der Waals surface area contributed by atoms with E-state index in [4.69, 9.17) is 9.47 Å². The van der Waals surface area contributed by atoms with Crippen molar-refractivity contribution in [1.29, 1.82) is 0 Å². The zero-order valence-corrected chi connectivity index (χ0v) is 21.7. The number of carbonyl (C=O) groups is 3. The predicted molar refractivity (Wildman–Crippen MR) is 150 cm³/mol. The highest BCUT2D eigenvalue weighted by atomic mass is 16.7. The summed E-state index contributed by atoms with van der Waals surface area (Å²) in [7, 11) is 0. The second kappa shape index (κ2) is 8.63. The fourth-order valence-electron chi connectivity index (χ4n) is 7.18. The minimum atomic E-state index is -1.06. The standard InChI is InChI=1S/C33H23N3O5/c37-30(19-14-15-25-26(16-19)41-18-40-25)35-34-17-33-23-12-6-4-10-21(23)27(22-11-5-7-13-24(22)33)28-29(33)32(39)36(31(28)38)20-8-2-1-3-9-20/h1-17,27-29H,18H2,(H,35,37). The summed E-state index contributed by atoms with van der Waals surface area (Å²) in [6.07, 6.45) is 1.66. The van der Waals surface area contributed by atoms with E-state index < -0.39 is 23.2 Å². The zero-order valence-electron chi connectivity index (χ0n) is 21.7. The molecule has 8 heteroatoms. The Hall–Kier alpha value is -5.24. The Labute approximate surface area is 235 Å².